The van der Waals surface area contributed by atoms with E-state index in [2.05, 4.69) is 16.0 Å². The van der Waals surface area contributed by atoms with Crippen molar-refractivity contribution in [2.45, 2.75) is 17.1 Å². The molecule has 0 saturated heterocycles. The van der Waals surface area contributed by atoms with Gasteiger partial charge in [-0.2, -0.15) is 0 Å². The SMILES string of the molecule is CCOc1ccc(NC(=O)C(Sc2ccc(NC(=O)/C(=C/c3cc(OC)c(OC)cc3OC)NC(=O)c3ccccc3)cc2)c2ccccc2)cc1. The Morgan fingerprint density at radius 1 is 0.692 bits per heavy atom. The summed E-state index contributed by atoms with van der Waals surface area (Å²) in [5.41, 5.74) is 2.78. The van der Waals surface area contributed by atoms with E-state index in [0.29, 0.717) is 46.4 Å². The lowest BCUT2D eigenvalue weighted by molar-refractivity contribution is -0.116. The molecule has 5 aromatic carbocycles. The third kappa shape index (κ3) is 9.73. The molecule has 5 rings (SSSR count). The van der Waals surface area contributed by atoms with Crippen molar-refractivity contribution in [1.82, 2.24) is 5.32 Å². The van der Waals surface area contributed by atoms with Crippen LogP contribution in [0.4, 0.5) is 11.4 Å². The Morgan fingerprint density at radius 3 is 1.88 bits per heavy atom. The van der Waals surface area contributed by atoms with Crippen LogP contribution in [0.2, 0.25) is 0 Å². The first-order chi connectivity index (χ1) is 25.3. The first-order valence-electron chi connectivity index (χ1n) is 16.4. The van der Waals surface area contributed by atoms with Gasteiger partial charge in [0.15, 0.2) is 11.5 Å². The predicted molar refractivity (Wildman–Crippen MR) is 204 cm³/mol. The monoisotopic (exact) mass is 717 g/mol. The highest BCUT2D eigenvalue weighted by atomic mass is 32.2. The Hall–Kier alpha value is -6.20. The van der Waals surface area contributed by atoms with Gasteiger partial charge in [0.25, 0.3) is 11.8 Å². The molecule has 0 aliphatic carbocycles. The molecular formula is C41H39N3O7S. The van der Waals surface area contributed by atoms with E-state index in [9.17, 15) is 14.4 Å². The predicted octanol–water partition coefficient (Wildman–Crippen LogP) is 7.99. The minimum absolute atomic E-state index is 0.0343. The largest absolute Gasteiger partial charge is 0.496 e. The van der Waals surface area contributed by atoms with Crippen LogP contribution < -0.4 is 34.9 Å². The van der Waals surface area contributed by atoms with Gasteiger partial charge in [-0.3, -0.25) is 14.4 Å². The molecule has 0 saturated carbocycles. The summed E-state index contributed by atoms with van der Waals surface area (Å²) < 4.78 is 21.9. The van der Waals surface area contributed by atoms with Gasteiger partial charge in [0.2, 0.25) is 5.91 Å². The summed E-state index contributed by atoms with van der Waals surface area (Å²) in [6.45, 7) is 2.47. The summed E-state index contributed by atoms with van der Waals surface area (Å²) in [6.07, 6.45) is 1.51. The molecule has 0 fully saturated rings. The first-order valence-corrected chi connectivity index (χ1v) is 17.2. The molecule has 52 heavy (non-hydrogen) atoms. The van der Waals surface area contributed by atoms with Gasteiger partial charge in [-0.05, 0) is 85.3 Å². The summed E-state index contributed by atoms with van der Waals surface area (Å²) in [5, 5.41) is 8.06. The second kappa shape index (κ2) is 18.2. The van der Waals surface area contributed by atoms with Crippen LogP contribution in [-0.4, -0.2) is 45.7 Å². The van der Waals surface area contributed by atoms with Crippen molar-refractivity contribution in [3.8, 4) is 23.0 Å². The van der Waals surface area contributed by atoms with Crippen molar-refractivity contribution in [2.75, 3.05) is 38.6 Å². The number of anilines is 2. The number of carbonyl (C=O) groups is 3. The van der Waals surface area contributed by atoms with Crippen LogP contribution in [0.5, 0.6) is 23.0 Å². The van der Waals surface area contributed by atoms with E-state index in [1.54, 1.807) is 66.7 Å². The van der Waals surface area contributed by atoms with E-state index < -0.39 is 17.1 Å². The van der Waals surface area contributed by atoms with E-state index >= 15 is 0 Å². The summed E-state index contributed by atoms with van der Waals surface area (Å²) in [7, 11) is 4.50. The van der Waals surface area contributed by atoms with Crippen LogP contribution in [-0.2, 0) is 9.59 Å². The molecule has 3 amide bonds. The topological polar surface area (TPSA) is 124 Å². The van der Waals surface area contributed by atoms with E-state index in [4.69, 9.17) is 18.9 Å². The second-order valence-electron chi connectivity index (χ2n) is 11.2. The number of ether oxygens (including phenoxy) is 4. The molecule has 11 heteroatoms. The highest BCUT2D eigenvalue weighted by molar-refractivity contribution is 8.00. The molecule has 0 radical (unpaired) electrons. The average Bonchev–Trinajstić information content (AvgIpc) is 3.18. The highest BCUT2D eigenvalue weighted by Gasteiger charge is 2.23. The average molecular weight is 718 g/mol. The van der Waals surface area contributed by atoms with Crippen LogP contribution in [0, 0.1) is 0 Å². The summed E-state index contributed by atoms with van der Waals surface area (Å²) in [6, 6.07) is 35.7. The van der Waals surface area contributed by atoms with Gasteiger partial charge in [0, 0.05) is 33.5 Å². The van der Waals surface area contributed by atoms with Crippen molar-refractivity contribution in [3.63, 3.8) is 0 Å². The van der Waals surface area contributed by atoms with E-state index in [-0.39, 0.29) is 11.6 Å². The van der Waals surface area contributed by atoms with Crippen LogP contribution in [0.1, 0.15) is 33.7 Å². The minimum Gasteiger partial charge on any atom is -0.496 e. The Bertz CT molecular complexity index is 2000. The molecule has 10 nitrogen and oxygen atoms in total. The smallest absolute Gasteiger partial charge is 0.272 e. The lowest BCUT2D eigenvalue weighted by atomic mass is 10.1. The first kappa shape index (κ1) is 37.1. The number of hydrogen-bond acceptors (Lipinski definition) is 8. The Morgan fingerprint density at radius 2 is 1.27 bits per heavy atom. The van der Waals surface area contributed by atoms with Crippen molar-refractivity contribution < 1.29 is 33.3 Å². The molecule has 0 aliphatic heterocycles. The number of rotatable bonds is 15. The number of benzene rings is 5. The number of nitrogens with one attached hydrogen (secondary N) is 3. The number of thioether (sulfide) groups is 1. The second-order valence-corrected chi connectivity index (χ2v) is 12.3. The maximum Gasteiger partial charge on any atom is 0.272 e. The zero-order valence-corrected chi connectivity index (χ0v) is 30.0. The summed E-state index contributed by atoms with van der Waals surface area (Å²) >= 11 is 1.38. The fraction of sp³-hybridized carbons (Fsp3) is 0.146. The lowest BCUT2D eigenvalue weighted by Gasteiger charge is -2.18. The molecule has 0 bridgehead atoms. The van der Waals surface area contributed by atoms with Crippen LogP contribution in [0.25, 0.3) is 6.08 Å². The maximum absolute atomic E-state index is 13.8. The van der Waals surface area contributed by atoms with Crippen molar-refractivity contribution in [3.05, 3.63) is 144 Å². The Kier molecular flexibility index (Phi) is 12.9. The van der Waals surface area contributed by atoms with Crippen LogP contribution >= 0.6 is 11.8 Å². The van der Waals surface area contributed by atoms with Crippen molar-refractivity contribution in [1.29, 1.82) is 0 Å². The Labute approximate surface area is 307 Å². The fourth-order valence-corrected chi connectivity index (χ4v) is 6.15. The Balaban J connectivity index is 1.37. The molecule has 0 heterocycles. The summed E-state index contributed by atoms with van der Waals surface area (Å²) in [5.74, 6) is 0.756. The number of carbonyl (C=O) groups excluding carboxylic acids is 3. The normalized spacial score (nSPS) is 11.5. The van der Waals surface area contributed by atoms with Gasteiger partial charge in [0.1, 0.15) is 22.4 Å². The van der Waals surface area contributed by atoms with Gasteiger partial charge < -0.3 is 34.9 Å². The zero-order chi connectivity index (χ0) is 36.9. The van der Waals surface area contributed by atoms with Crippen molar-refractivity contribution >= 4 is 46.9 Å². The third-order valence-corrected chi connectivity index (χ3v) is 8.97. The molecule has 266 valence electrons. The third-order valence-electron chi connectivity index (χ3n) is 7.70. The number of amides is 3. The van der Waals surface area contributed by atoms with Crippen LogP contribution in [0.3, 0.4) is 0 Å². The van der Waals surface area contributed by atoms with Gasteiger partial charge in [-0.1, -0.05) is 48.5 Å². The lowest BCUT2D eigenvalue weighted by Crippen LogP contribution is -2.30. The van der Waals surface area contributed by atoms with E-state index in [1.165, 1.54) is 39.2 Å². The fourth-order valence-electron chi connectivity index (χ4n) is 5.12. The van der Waals surface area contributed by atoms with Crippen LogP contribution in [0.15, 0.2) is 132 Å². The number of hydrogen-bond donors (Lipinski definition) is 3. The minimum atomic E-state index is -0.571. The molecule has 1 unspecified atom stereocenters. The van der Waals surface area contributed by atoms with E-state index in [1.807, 2.05) is 61.5 Å². The van der Waals surface area contributed by atoms with Gasteiger partial charge in [-0.15, -0.1) is 11.8 Å². The quantitative estimate of drug-likeness (QED) is 0.0736. The molecule has 0 spiro atoms. The van der Waals surface area contributed by atoms with Gasteiger partial charge >= 0.3 is 0 Å². The molecule has 0 aliphatic rings. The summed E-state index contributed by atoms with van der Waals surface area (Å²) in [4.78, 5) is 41.4. The van der Waals surface area contributed by atoms with Crippen molar-refractivity contribution in [2.24, 2.45) is 0 Å². The highest BCUT2D eigenvalue weighted by Crippen LogP contribution is 2.38. The van der Waals surface area contributed by atoms with Gasteiger partial charge in [-0.25, -0.2) is 0 Å². The maximum atomic E-state index is 13.8. The molecule has 3 N–H and O–H groups in total. The number of methoxy groups -OCH3 is 3. The molecular weight excluding hydrogens is 679 g/mol. The zero-order valence-electron chi connectivity index (χ0n) is 29.2. The molecule has 0 aromatic heterocycles. The van der Waals surface area contributed by atoms with E-state index in [0.717, 1.165) is 16.2 Å². The molecule has 1 atom stereocenters. The van der Waals surface area contributed by atoms with Gasteiger partial charge in [0.05, 0.1) is 27.9 Å². The molecule has 5 aromatic rings. The standard InChI is InChI=1S/C41H39N3O7S/c1-5-51-32-20-16-30(17-21-32)43-41(47)38(27-12-8-6-9-13-27)52-33-22-18-31(19-23-33)42-40(46)34(44-39(45)28-14-10-7-11-15-28)24-29-25-36(49-3)37(50-4)26-35(29)48-2/h6-26,38H,5H2,1-4H3,(H,42,46)(H,43,47)(H,44,45)/b34-24-.